The number of allylic oxidation sites excluding steroid dienone is 8. The van der Waals surface area contributed by atoms with Crippen molar-refractivity contribution in [3.05, 3.63) is 48.6 Å². The first kappa shape index (κ1) is 67.7. The fourth-order valence-corrected chi connectivity index (χ4v) is 8.73. The monoisotopic (exact) mass is 1030 g/mol. The van der Waals surface area contributed by atoms with Crippen molar-refractivity contribution in [3.8, 4) is 0 Å². The number of ether oxygens (including phenoxy) is 5. The van der Waals surface area contributed by atoms with E-state index in [1.165, 1.54) is 89.9 Å². The molecule has 1 saturated heterocycles. The number of aliphatic hydroxyl groups is 2. The van der Waals surface area contributed by atoms with Crippen molar-refractivity contribution in [1.82, 2.24) is 0 Å². The van der Waals surface area contributed by atoms with Crippen LogP contribution in [-0.4, -0.2) is 89.2 Å². The molecule has 73 heavy (non-hydrogen) atoms. The minimum absolute atomic E-state index is 0.0500. The number of aliphatic carboxylic acids is 1. The smallest absolute Gasteiger partial charge is 0.335 e. The van der Waals surface area contributed by atoms with Crippen LogP contribution in [-0.2, 0) is 42.9 Å². The van der Waals surface area contributed by atoms with Gasteiger partial charge in [0, 0.05) is 19.3 Å². The van der Waals surface area contributed by atoms with E-state index < -0.39 is 67.3 Å². The molecule has 12 heteroatoms. The molecule has 3 N–H and O–H groups in total. The molecule has 1 fully saturated rings. The zero-order valence-corrected chi connectivity index (χ0v) is 46.4. The zero-order chi connectivity index (χ0) is 53.3. The van der Waals surface area contributed by atoms with Gasteiger partial charge in [0.1, 0.15) is 18.8 Å². The van der Waals surface area contributed by atoms with Crippen molar-refractivity contribution in [2.45, 2.75) is 302 Å². The number of carbonyl (C=O) groups excluding carboxylic acids is 3. The summed E-state index contributed by atoms with van der Waals surface area (Å²) >= 11 is 0. The van der Waals surface area contributed by atoms with Crippen LogP contribution in [0.15, 0.2) is 48.6 Å². The summed E-state index contributed by atoms with van der Waals surface area (Å²) in [4.78, 5) is 51.0. The molecule has 0 radical (unpaired) electrons. The zero-order valence-electron chi connectivity index (χ0n) is 46.4. The number of hydrogen-bond acceptors (Lipinski definition) is 11. The van der Waals surface area contributed by atoms with Gasteiger partial charge in [0.05, 0.1) is 6.61 Å². The van der Waals surface area contributed by atoms with Gasteiger partial charge >= 0.3 is 23.9 Å². The Balaban J connectivity index is 2.68. The van der Waals surface area contributed by atoms with Gasteiger partial charge in [0.25, 0.3) is 0 Å². The Kier molecular flexibility index (Phi) is 45.9. The van der Waals surface area contributed by atoms with Crippen LogP contribution in [0.2, 0.25) is 0 Å². The predicted octanol–water partition coefficient (Wildman–Crippen LogP) is 15.0. The minimum atomic E-state index is -1.91. The highest BCUT2D eigenvalue weighted by Crippen LogP contribution is 2.26. The predicted molar refractivity (Wildman–Crippen MR) is 294 cm³/mol. The second kappa shape index (κ2) is 49.6. The molecule has 6 atom stereocenters. The van der Waals surface area contributed by atoms with Crippen LogP contribution >= 0.6 is 0 Å². The van der Waals surface area contributed by atoms with E-state index in [2.05, 4.69) is 69.4 Å². The van der Waals surface area contributed by atoms with Gasteiger partial charge in [0.15, 0.2) is 24.6 Å². The lowest BCUT2D eigenvalue weighted by molar-refractivity contribution is -0.301. The van der Waals surface area contributed by atoms with Crippen LogP contribution < -0.4 is 0 Å². The first-order valence-electron chi connectivity index (χ1n) is 29.6. The van der Waals surface area contributed by atoms with Crippen LogP contribution in [0, 0.1) is 0 Å². The Morgan fingerprint density at radius 1 is 0.452 bits per heavy atom. The van der Waals surface area contributed by atoms with Gasteiger partial charge in [-0.25, -0.2) is 4.79 Å². The average molecular weight is 1030 g/mol. The molecule has 0 spiro atoms. The third-order valence-electron chi connectivity index (χ3n) is 13.3. The SMILES string of the molecule is CCCC/C=C\CCCCCCCC(=O)OC(COC(=O)CCCCCCCCC/C=C\C/C=C\CCCCC)COC1OC(C(=O)O)C(O)C(O)C1OC(=O)CCCCCCC/C=C\CCCCCCCC. The quantitative estimate of drug-likeness (QED) is 0.0228. The molecule has 0 aliphatic carbocycles. The number of hydrogen-bond donors (Lipinski definition) is 3. The van der Waals surface area contributed by atoms with E-state index in [1.807, 2.05) is 0 Å². The van der Waals surface area contributed by atoms with Crippen molar-refractivity contribution in [3.63, 3.8) is 0 Å². The second-order valence-corrected chi connectivity index (χ2v) is 20.3. The number of esters is 3. The Morgan fingerprint density at radius 3 is 1.32 bits per heavy atom. The summed E-state index contributed by atoms with van der Waals surface area (Å²) in [6, 6.07) is 0. The molecule has 12 nitrogen and oxygen atoms in total. The highest BCUT2D eigenvalue weighted by Gasteiger charge is 2.50. The fraction of sp³-hybridized carbons (Fsp3) is 0.803. The van der Waals surface area contributed by atoms with Crippen molar-refractivity contribution in [2.75, 3.05) is 13.2 Å². The molecular weight excluding hydrogens is 925 g/mol. The van der Waals surface area contributed by atoms with Crippen molar-refractivity contribution in [1.29, 1.82) is 0 Å². The van der Waals surface area contributed by atoms with E-state index in [4.69, 9.17) is 23.7 Å². The number of carbonyl (C=O) groups is 4. The molecule has 1 aliphatic rings. The minimum Gasteiger partial charge on any atom is -0.479 e. The summed E-state index contributed by atoms with van der Waals surface area (Å²) < 4.78 is 28.4. The van der Waals surface area contributed by atoms with Crippen LogP contribution in [0.5, 0.6) is 0 Å². The molecule has 1 rings (SSSR count). The maximum Gasteiger partial charge on any atom is 0.335 e. The van der Waals surface area contributed by atoms with Crippen molar-refractivity contribution >= 4 is 23.9 Å². The van der Waals surface area contributed by atoms with Gasteiger partial charge in [0.2, 0.25) is 0 Å². The Morgan fingerprint density at radius 2 is 0.836 bits per heavy atom. The number of carboxylic acids is 1. The third-order valence-corrected chi connectivity index (χ3v) is 13.3. The fourth-order valence-electron chi connectivity index (χ4n) is 8.73. The van der Waals surface area contributed by atoms with Crippen LogP contribution in [0.4, 0.5) is 0 Å². The molecular formula is C61H106O12. The van der Waals surface area contributed by atoms with Crippen LogP contribution in [0.3, 0.4) is 0 Å². The second-order valence-electron chi connectivity index (χ2n) is 20.3. The molecule has 0 aromatic heterocycles. The molecule has 0 bridgehead atoms. The van der Waals surface area contributed by atoms with Gasteiger partial charge in [-0.05, 0) is 96.3 Å². The number of unbranched alkanes of at least 4 members (excludes halogenated alkanes) is 28. The van der Waals surface area contributed by atoms with Gasteiger partial charge in [-0.2, -0.15) is 0 Å². The number of rotatable bonds is 50. The van der Waals surface area contributed by atoms with E-state index in [1.54, 1.807) is 0 Å². The molecule has 422 valence electrons. The van der Waals surface area contributed by atoms with Crippen molar-refractivity contribution < 1.29 is 58.2 Å². The molecule has 0 aromatic rings. The molecule has 6 unspecified atom stereocenters. The Labute approximate surface area is 443 Å². The topological polar surface area (TPSA) is 175 Å². The number of aliphatic hydroxyl groups excluding tert-OH is 2. The average Bonchev–Trinajstić information content (AvgIpc) is 3.37. The van der Waals surface area contributed by atoms with Gasteiger partial charge in [-0.1, -0.05) is 198 Å². The van der Waals surface area contributed by atoms with E-state index in [-0.39, 0.29) is 25.9 Å². The largest absolute Gasteiger partial charge is 0.479 e. The molecule has 0 aromatic carbocycles. The van der Waals surface area contributed by atoms with Crippen LogP contribution in [0.1, 0.15) is 265 Å². The summed E-state index contributed by atoms with van der Waals surface area (Å²) in [5.74, 6) is -3.14. The van der Waals surface area contributed by atoms with Crippen LogP contribution in [0.25, 0.3) is 0 Å². The summed E-state index contributed by atoms with van der Waals surface area (Å²) in [6.45, 7) is 5.91. The van der Waals surface area contributed by atoms with E-state index in [0.29, 0.717) is 19.3 Å². The van der Waals surface area contributed by atoms with Crippen molar-refractivity contribution in [2.24, 2.45) is 0 Å². The molecule has 1 heterocycles. The first-order chi connectivity index (χ1) is 35.6. The maximum absolute atomic E-state index is 13.1. The van der Waals surface area contributed by atoms with E-state index in [0.717, 1.165) is 116 Å². The molecule has 0 saturated carbocycles. The van der Waals surface area contributed by atoms with E-state index >= 15 is 0 Å². The maximum atomic E-state index is 13.1. The molecule has 1 aliphatic heterocycles. The standard InChI is InChI=1S/C61H106O12/c1-4-7-10-13-16-19-22-24-26-27-29-30-33-35-38-41-44-47-53(62)69-50-52(71-54(63)48-45-42-39-36-32-21-18-15-12-9-6-3)51-70-61-59(57(66)56(65)58(73-61)60(67)68)72-55(64)49-46-43-40-37-34-31-28-25-23-20-17-14-11-8-5-2/h15-16,18-19,24-26,28,52,56-59,61,65-66H,4-14,17,20-23,27,29-51H2,1-3H3,(H,67,68)/b18-15-,19-16-,26-24-,28-25-. The summed E-state index contributed by atoms with van der Waals surface area (Å²) in [7, 11) is 0. The lowest BCUT2D eigenvalue weighted by atomic mass is 9.98. The normalized spacial score (nSPS) is 18.6. The first-order valence-corrected chi connectivity index (χ1v) is 29.6. The highest BCUT2D eigenvalue weighted by atomic mass is 16.7. The summed E-state index contributed by atoms with van der Waals surface area (Å²) in [6.07, 6.45) is 46.5. The Bertz CT molecular complexity index is 1460. The summed E-state index contributed by atoms with van der Waals surface area (Å²) in [5.41, 5.74) is 0. The number of carboxylic acid groups (broad SMARTS) is 1. The van der Waals surface area contributed by atoms with Gasteiger partial charge < -0.3 is 39.0 Å². The lowest BCUT2D eigenvalue weighted by Crippen LogP contribution is -2.61. The summed E-state index contributed by atoms with van der Waals surface area (Å²) in [5, 5.41) is 31.4. The lowest BCUT2D eigenvalue weighted by Gasteiger charge is -2.40. The molecule has 0 amide bonds. The van der Waals surface area contributed by atoms with Gasteiger partial charge in [-0.15, -0.1) is 0 Å². The van der Waals surface area contributed by atoms with E-state index in [9.17, 15) is 34.5 Å². The Hall–Kier alpha value is -3.32. The highest BCUT2D eigenvalue weighted by molar-refractivity contribution is 5.74. The van der Waals surface area contributed by atoms with Gasteiger partial charge in [-0.3, -0.25) is 14.4 Å². The third kappa shape index (κ3) is 39.7.